The van der Waals surface area contributed by atoms with Crippen molar-refractivity contribution in [1.82, 2.24) is 0 Å². The lowest BCUT2D eigenvalue weighted by Gasteiger charge is -2.10. The maximum absolute atomic E-state index is 11.2. The zero-order chi connectivity index (χ0) is 13.4. The maximum Gasteiger partial charge on any atom is 0.333 e. The Morgan fingerprint density at radius 3 is 2.29 bits per heavy atom. The van der Waals surface area contributed by atoms with E-state index < -0.39 is 30.2 Å². The summed E-state index contributed by atoms with van der Waals surface area (Å²) in [5.74, 6) is -3.96. The van der Waals surface area contributed by atoms with E-state index in [0.29, 0.717) is 0 Å². The first-order valence-electron chi connectivity index (χ1n) is 5.18. The van der Waals surface area contributed by atoms with Gasteiger partial charge in [0.25, 0.3) is 0 Å². The predicted octanol–water partition coefficient (Wildman–Crippen LogP) is 1.06. The fourth-order valence-electron chi connectivity index (χ4n) is 1.21. The van der Waals surface area contributed by atoms with Gasteiger partial charge in [-0.05, 0) is 19.8 Å². The normalized spacial score (nSPS) is 11.6. The van der Waals surface area contributed by atoms with Gasteiger partial charge < -0.3 is 14.9 Å². The molecule has 2 N–H and O–H groups in total. The van der Waals surface area contributed by atoms with Crippen molar-refractivity contribution < 1.29 is 29.3 Å². The van der Waals surface area contributed by atoms with Crippen molar-refractivity contribution in [3.05, 3.63) is 12.2 Å². The first kappa shape index (κ1) is 15.2. The molecule has 1 atom stereocenters. The summed E-state index contributed by atoms with van der Waals surface area (Å²) in [5, 5.41) is 17.3. The Hall–Kier alpha value is -1.85. The highest BCUT2D eigenvalue weighted by Crippen LogP contribution is 2.16. The highest BCUT2D eigenvalue weighted by Gasteiger charge is 2.22. The monoisotopic (exact) mass is 244 g/mol. The summed E-state index contributed by atoms with van der Waals surface area (Å²) in [7, 11) is 0. The van der Waals surface area contributed by atoms with E-state index >= 15 is 0 Å². The van der Waals surface area contributed by atoms with Gasteiger partial charge in [-0.2, -0.15) is 0 Å². The summed E-state index contributed by atoms with van der Waals surface area (Å²) in [4.78, 5) is 32.3. The Morgan fingerprint density at radius 1 is 1.29 bits per heavy atom. The van der Waals surface area contributed by atoms with E-state index in [4.69, 9.17) is 10.2 Å². The van der Waals surface area contributed by atoms with E-state index in [-0.39, 0.29) is 25.0 Å². The lowest BCUT2D eigenvalue weighted by atomic mass is 9.97. The van der Waals surface area contributed by atoms with Crippen molar-refractivity contribution in [3.8, 4) is 0 Å². The van der Waals surface area contributed by atoms with Crippen molar-refractivity contribution in [3.63, 3.8) is 0 Å². The van der Waals surface area contributed by atoms with Crippen molar-refractivity contribution in [2.24, 2.45) is 5.92 Å². The summed E-state index contributed by atoms with van der Waals surface area (Å²) in [6.07, 6.45) is -0.298. The minimum atomic E-state index is -1.19. The Kier molecular flexibility index (Phi) is 6.62. The molecule has 0 aliphatic rings. The molecule has 0 aliphatic carbocycles. The zero-order valence-corrected chi connectivity index (χ0v) is 9.64. The van der Waals surface area contributed by atoms with Crippen molar-refractivity contribution in [1.29, 1.82) is 0 Å². The Morgan fingerprint density at radius 2 is 1.88 bits per heavy atom. The molecular formula is C11H16O6. The molecule has 6 heteroatoms. The van der Waals surface area contributed by atoms with Crippen molar-refractivity contribution >= 4 is 17.9 Å². The van der Waals surface area contributed by atoms with Crippen molar-refractivity contribution in [2.45, 2.75) is 26.2 Å². The molecule has 0 radical (unpaired) electrons. The van der Waals surface area contributed by atoms with E-state index in [2.05, 4.69) is 11.3 Å². The molecule has 0 amide bonds. The molecule has 0 spiro atoms. The number of rotatable bonds is 8. The highest BCUT2D eigenvalue weighted by atomic mass is 16.5. The van der Waals surface area contributed by atoms with Crippen LogP contribution >= 0.6 is 0 Å². The topological polar surface area (TPSA) is 101 Å². The van der Waals surface area contributed by atoms with Crippen LogP contribution in [0.25, 0.3) is 0 Å². The second-order valence-corrected chi connectivity index (χ2v) is 3.50. The Bertz CT molecular complexity index is 320. The molecule has 0 fully saturated rings. The second-order valence-electron chi connectivity index (χ2n) is 3.50. The van der Waals surface area contributed by atoms with Crippen LogP contribution in [0, 0.1) is 5.92 Å². The van der Waals surface area contributed by atoms with Gasteiger partial charge in [0.05, 0.1) is 18.9 Å². The van der Waals surface area contributed by atoms with E-state index in [9.17, 15) is 14.4 Å². The lowest BCUT2D eigenvalue weighted by Crippen LogP contribution is -2.18. The van der Waals surface area contributed by atoms with E-state index in [1.54, 1.807) is 6.92 Å². The molecule has 0 saturated carbocycles. The Labute approximate surface area is 98.9 Å². The first-order valence-corrected chi connectivity index (χ1v) is 5.18. The van der Waals surface area contributed by atoms with Gasteiger partial charge >= 0.3 is 17.9 Å². The van der Waals surface area contributed by atoms with Gasteiger partial charge in [-0.25, -0.2) is 4.79 Å². The van der Waals surface area contributed by atoms with Gasteiger partial charge in [0, 0.05) is 5.57 Å². The molecule has 0 heterocycles. The Balaban J connectivity index is 4.21. The average Bonchev–Trinajstić information content (AvgIpc) is 2.23. The first-order chi connectivity index (χ1) is 7.88. The molecule has 0 aromatic carbocycles. The predicted molar refractivity (Wildman–Crippen MR) is 58.4 cm³/mol. The molecule has 6 nitrogen and oxygen atoms in total. The van der Waals surface area contributed by atoms with Gasteiger partial charge in [-0.15, -0.1) is 0 Å². The second kappa shape index (κ2) is 7.43. The molecule has 17 heavy (non-hydrogen) atoms. The van der Waals surface area contributed by atoms with Crippen molar-refractivity contribution in [2.75, 3.05) is 6.61 Å². The molecule has 1 unspecified atom stereocenters. The number of esters is 1. The zero-order valence-electron chi connectivity index (χ0n) is 9.64. The number of aliphatic carboxylic acids is 2. The molecule has 0 rings (SSSR count). The van der Waals surface area contributed by atoms with Gasteiger partial charge in [0.15, 0.2) is 0 Å². The summed E-state index contributed by atoms with van der Waals surface area (Å²) in [6, 6.07) is 0. The number of carbonyl (C=O) groups is 3. The highest BCUT2D eigenvalue weighted by molar-refractivity contribution is 5.87. The molecule has 0 aromatic rings. The summed E-state index contributed by atoms with van der Waals surface area (Å²) in [5.41, 5.74) is 0.156. The summed E-state index contributed by atoms with van der Waals surface area (Å²) in [6.45, 7) is 5.33. The van der Waals surface area contributed by atoms with Crippen LogP contribution in [0.4, 0.5) is 0 Å². The van der Waals surface area contributed by atoms with Gasteiger partial charge in [-0.3, -0.25) is 9.59 Å². The minimum absolute atomic E-state index is 0.0548. The summed E-state index contributed by atoms with van der Waals surface area (Å²) < 4.78 is 4.68. The van der Waals surface area contributed by atoms with Crippen LogP contribution in [-0.2, 0) is 19.1 Å². The van der Waals surface area contributed by atoms with E-state index in [1.807, 2.05) is 0 Å². The quantitative estimate of drug-likeness (QED) is 0.489. The van der Waals surface area contributed by atoms with E-state index in [0.717, 1.165) is 0 Å². The standard InChI is InChI=1S/C11H16O6/c1-3-17-11(16)7(2)4-5-8(10(14)15)6-9(12)13/h8H,2-6H2,1H3,(H,12,13)(H,14,15). The van der Waals surface area contributed by atoms with Crippen LogP contribution in [0.2, 0.25) is 0 Å². The third-order valence-electron chi connectivity index (χ3n) is 2.13. The van der Waals surface area contributed by atoms with Gasteiger partial charge in [0.2, 0.25) is 0 Å². The van der Waals surface area contributed by atoms with Gasteiger partial charge in [-0.1, -0.05) is 6.58 Å². The number of carbonyl (C=O) groups excluding carboxylic acids is 1. The molecule has 0 saturated heterocycles. The number of hydrogen-bond acceptors (Lipinski definition) is 4. The maximum atomic E-state index is 11.2. The third kappa shape index (κ3) is 6.34. The number of hydrogen-bond donors (Lipinski definition) is 2. The fraction of sp³-hybridized carbons (Fsp3) is 0.545. The third-order valence-corrected chi connectivity index (χ3v) is 2.13. The van der Waals surface area contributed by atoms with Crippen LogP contribution in [0.1, 0.15) is 26.2 Å². The largest absolute Gasteiger partial charge is 0.481 e. The van der Waals surface area contributed by atoms with Crippen LogP contribution in [0.5, 0.6) is 0 Å². The van der Waals surface area contributed by atoms with Crippen LogP contribution < -0.4 is 0 Å². The molecule has 0 aliphatic heterocycles. The average molecular weight is 244 g/mol. The molecule has 0 aromatic heterocycles. The smallest absolute Gasteiger partial charge is 0.333 e. The number of carboxylic acids is 2. The van der Waals surface area contributed by atoms with Crippen LogP contribution in [-0.4, -0.2) is 34.7 Å². The van der Waals surface area contributed by atoms with Crippen LogP contribution in [0.3, 0.4) is 0 Å². The summed E-state index contributed by atoms with van der Waals surface area (Å²) >= 11 is 0. The lowest BCUT2D eigenvalue weighted by molar-refractivity contribution is -0.148. The molecular weight excluding hydrogens is 228 g/mol. The minimum Gasteiger partial charge on any atom is -0.481 e. The van der Waals surface area contributed by atoms with Crippen LogP contribution in [0.15, 0.2) is 12.2 Å². The molecule has 0 bridgehead atoms. The van der Waals surface area contributed by atoms with Gasteiger partial charge in [0.1, 0.15) is 0 Å². The number of ether oxygens (including phenoxy) is 1. The number of carboxylic acid groups (broad SMARTS) is 2. The van der Waals surface area contributed by atoms with E-state index in [1.165, 1.54) is 0 Å². The fourth-order valence-corrected chi connectivity index (χ4v) is 1.21. The SMILES string of the molecule is C=C(CCC(CC(=O)O)C(=O)O)C(=O)OCC. The molecule has 96 valence electrons.